The van der Waals surface area contributed by atoms with Crippen LogP contribution in [0.25, 0.3) is 0 Å². The monoisotopic (exact) mass is 273 g/mol. The van der Waals surface area contributed by atoms with Crippen LogP contribution in [0.3, 0.4) is 0 Å². The maximum Gasteiger partial charge on any atom is 0.392 e. The normalized spacial score (nSPS) is 14.8. The Kier molecular flexibility index (Phi) is 5.39. The van der Waals surface area contributed by atoms with E-state index in [1.54, 1.807) is 6.92 Å². The fraction of sp³-hybridized carbons (Fsp3) is 0.500. The molecule has 2 atom stereocenters. The van der Waals surface area contributed by atoms with Gasteiger partial charge >= 0.3 is 6.18 Å². The van der Waals surface area contributed by atoms with E-state index in [0.29, 0.717) is 0 Å². The predicted molar refractivity (Wildman–Crippen MR) is 67.5 cm³/mol. The molecule has 0 fully saturated rings. The Labute approximate surface area is 111 Å². The zero-order valence-corrected chi connectivity index (χ0v) is 11.0. The molecular weight excluding hydrogens is 255 g/mol. The van der Waals surface area contributed by atoms with Gasteiger partial charge in [-0.05, 0) is 18.9 Å². The largest absolute Gasteiger partial charge is 0.392 e. The number of amides is 1. The lowest BCUT2D eigenvalue weighted by Crippen LogP contribution is -2.32. The quantitative estimate of drug-likeness (QED) is 0.867. The van der Waals surface area contributed by atoms with Gasteiger partial charge in [0.15, 0.2) is 0 Å². The van der Waals surface area contributed by atoms with E-state index in [4.69, 9.17) is 0 Å². The fourth-order valence-electron chi connectivity index (χ4n) is 1.84. The van der Waals surface area contributed by atoms with E-state index in [9.17, 15) is 18.0 Å². The van der Waals surface area contributed by atoms with Crippen molar-refractivity contribution in [3.8, 4) is 0 Å². The molecule has 0 heterocycles. The van der Waals surface area contributed by atoms with Gasteiger partial charge in [0.25, 0.3) is 0 Å². The number of alkyl halides is 3. The van der Waals surface area contributed by atoms with E-state index in [-0.39, 0.29) is 12.5 Å². The van der Waals surface area contributed by atoms with Crippen LogP contribution < -0.4 is 5.32 Å². The molecule has 1 amide bonds. The van der Waals surface area contributed by atoms with Crippen LogP contribution in [-0.2, 0) is 4.79 Å². The molecule has 0 aliphatic rings. The summed E-state index contributed by atoms with van der Waals surface area (Å²) in [6.07, 6.45) is -4.92. The second-order valence-corrected chi connectivity index (χ2v) is 4.55. The minimum absolute atomic E-state index is 0.0867. The predicted octanol–water partition coefficient (Wildman–Crippen LogP) is 3.84. The van der Waals surface area contributed by atoms with Crippen molar-refractivity contribution in [1.82, 2.24) is 5.32 Å². The molecule has 106 valence electrons. The molecule has 0 spiro atoms. The second-order valence-electron chi connectivity index (χ2n) is 4.55. The van der Waals surface area contributed by atoms with Gasteiger partial charge in [-0.3, -0.25) is 4.79 Å². The van der Waals surface area contributed by atoms with Crippen LogP contribution >= 0.6 is 0 Å². The molecule has 1 aromatic carbocycles. The Balaban J connectivity index is 2.56. The second kappa shape index (κ2) is 6.59. The van der Waals surface area contributed by atoms with Crippen LogP contribution in [0.5, 0.6) is 0 Å². The first-order valence-electron chi connectivity index (χ1n) is 6.25. The summed E-state index contributed by atoms with van der Waals surface area (Å²) in [5, 5.41) is 2.59. The summed E-state index contributed by atoms with van der Waals surface area (Å²) in [6, 6.07) is 8.84. The number of rotatable bonds is 5. The summed E-state index contributed by atoms with van der Waals surface area (Å²) in [4.78, 5) is 11.6. The third kappa shape index (κ3) is 4.93. The molecule has 2 unspecified atom stereocenters. The Hall–Kier alpha value is -1.52. The molecule has 0 bridgehead atoms. The summed E-state index contributed by atoms with van der Waals surface area (Å²) in [5.74, 6) is -2.14. The maximum atomic E-state index is 12.6. The van der Waals surface area contributed by atoms with Crippen molar-refractivity contribution >= 4 is 5.91 Å². The first-order valence-corrected chi connectivity index (χ1v) is 6.25. The number of hydrogen-bond donors (Lipinski definition) is 1. The van der Waals surface area contributed by atoms with E-state index < -0.39 is 24.4 Å². The van der Waals surface area contributed by atoms with Crippen LogP contribution in [0.1, 0.15) is 38.3 Å². The lowest BCUT2D eigenvalue weighted by Gasteiger charge is -2.20. The van der Waals surface area contributed by atoms with Gasteiger partial charge in [0.05, 0.1) is 12.0 Å². The molecule has 0 aromatic heterocycles. The first kappa shape index (κ1) is 15.5. The lowest BCUT2D eigenvalue weighted by atomic mass is 10.0. The van der Waals surface area contributed by atoms with Gasteiger partial charge in [-0.1, -0.05) is 37.3 Å². The van der Waals surface area contributed by atoms with E-state index in [2.05, 4.69) is 5.32 Å². The molecule has 2 nitrogen and oxygen atoms in total. The number of carbonyl (C=O) groups excluding carboxylic acids is 1. The van der Waals surface area contributed by atoms with Gasteiger partial charge in [-0.15, -0.1) is 0 Å². The molecule has 0 saturated carbocycles. The number of nitrogens with one attached hydrogen (secondary N) is 1. The topological polar surface area (TPSA) is 29.1 Å². The van der Waals surface area contributed by atoms with Crippen molar-refractivity contribution in [3.05, 3.63) is 35.9 Å². The Morgan fingerprint density at radius 2 is 1.84 bits per heavy atom. The molecule has 0 aliphatic carbocycles. The molecular formula is C14H18F3NO. The molecule has 1 aromatic rings. The van der Waals surface area contributed by atoms with Crippen LogP contribution in [0.2, 0.25) is 0 Å². The Bertz CT molecular complexity index is 403. The summed E-state index contributed by atoms with van der Waals surface area (Å²) in [5.41, 5.74) is 0.871. The summed E-state index contributed by atoms with van der Waals surface area (Å²) < 4.78 is 37.7. The van der Waals surface area contributed by atoms with Crippen LogP contribution in [0.15, 0.2) is 30.3 Å². The van der Waals surface area contributed by atoms with Crippen LogP contribution in [-0.4, -0.2) is 12.1 Å². The van der Waals surface area contributed by atoms with Gasteiger partial charge < -0.3 is 5.32 Å². The number of halogens is 3. The minimum atomic E-state index is -4.32. The summed E-state index contributed by atoms with van der Waals surface area (Å²) in [7, 11) is 0. The minimum Gasteiger partial charge on any atom is -0.350 e. The number of benzene rings is 1. The van der Waals surface area contributed by atoms with E-state index in [0.717, 1.165) is 5.56 Å². The van der Waals surface area contributed by atoms with Crippen molar-refractivity contribution in [1.29, 1.82) is 0 Å². The summed E-state index contributed by atoms with van der Waals surface area (Å²) >= 11 is 0. The molecule has 19 heavy (non-hydrogen) atoms. The Morgan fingerprint density at radius 1 is 1.26 bits per heavy atom. The van der Waals surface area contributed by atoms with E-state index in [1.807, 2.05) is 30.3 Å². The van der Waals surface area contributed by atoms with Crippen LogP contribution in [0, 0.1) is 5.92 Å². The smallest absolute Gasteiger partial charge is 0.350 e. The Morgan fingerprint density at radius 3 is 2.32 bits per heavy atom. The summed E-state index contributed by atoms with van der Waals surface area (Å²) in [6.45, 7) is 3.19. The lowest BCUT2D eigenvalue weighted by molar-refractivity contribution is -0.179. The van der Waals surface area contributed by atoms with Crippen LogP contribution in [0.4, 0.5) is 13.2 Å². The van der Waals surface area contributed by atoms with Crippen molar-refractivity contribution in [2.24, 2.45) is 5.92 Å². The van der Waals surface area contributed by atoms with E-state index in [1.165, 1.54) is 6.92 Å². The molecule has 5 heteroatoms. The average molecular weight is 273 g/mol. The highest BCUT2D eigenvalue weighted by Gasteiger charge is 2.39. The van der Waals surface area contributed by atoms with Gasteiger partial charge in [0.1, 0.15) is 0 Å². The molecule has 1 rings (SSSR count). The van der Waals surface area contributed by atoms with Gasteiger partial charge in [-0.2, -0.15) is 13.2 Å². The molecule has 0 radical (unpaired) electrons. The number of carbonyl (C=O) groups is 1. The zero-order chi connectivity index (χ0) is 14.5. The first-order chi connectivity index (χ1) is 8.84. The highest BCUT2D eigenvalue weighted by molar-refractivity contribution is 5.76. The van der Waals surface area contributed by atoms with Crippen molar-refractivity contribution in [3.63, 3.8) is 0 Å². The zero-order valence-electron chi connectivity index (χ0n) is 11.0. The van der Waals surface area contributed by atoms with Gasteiger partial charge in [0, 0.05) is 6.42 Å². The standard InChI is InChI=1S/C14H18F3NO/c1-3-12(14(15,16)17)9-13(19)18-10(2)11-7-5-4-6-8-11/h4-8,10,12H,3,9H2,1-2H3,(H,18,19). The third-order valence-corrected chi connectivity index (χ3v) is 3.06. The van der Waals surface area contributed by atoms with Crippen molar-refractivity contribution in [2.45, 2.75) is 38.9 Å². The van der Waals surface area contributed by atoms with Gasteiger partial charge in [-0.25, -0.2) is 0 Å². The highest BCUT2D eigenvalue weighted by atomic mass is 19.4. The number of hydrogen-bond acceptors (Lipinski definition) is 1. The third-order valence-electron chi connectivity index (χ3n) is 3.06. The average Bonchev–Trinajstić information content (AvgIpc) is 2.35. The molecule has 1 N–H and O–H groups in total. The van der Waals surface area contributed by atoms with Gasteiger partial charge in [0.2, 0.25) is 5.91 Å². The van der Waals surface area contributed by atoms with Crippen molar-refractivity contribution in [2.75, 3.05) is 0 Å². The maximum absolute atomic E-state index is 12.6. The van der Waals surface area contributed by atoms with E-state index >= 15 is 0 Å². The fourth-order valence-corrected chi connectivity index (χ4v) is 1.84. The molecule has 0 aliphatic heterocycles. The van der Waals surface area contributed by atoms with Crippen molar-refractivity contribution < 1.29 is 18.0 Å². The highest BCUT2D eigenvalue weighted by Crippen LogP contribution is 2.31. The SMILES string of the molecule is CCC(CC(=O)NC(C)c1ccccc1)C(F)(F)F. The molecule has 0 saturated heterocycles.